The second kappa shape index (κ2) is 6.48. The quantitative estimate of drug-likeness (QED) is 0.680. The summed E-state index contributed by atoms with van der Waals surface area (Å²) < 4.78 is 0. The second-order valence-corrected chi connectivity index (χ2v) is 4.42. The van der Waals surface area contributed by atoms with E-state index in [0.717, 1.165) is 5.56 Å². The SMILES string of the molecule is Cc1ccc(NC(=O)/C=C/C(=O)c2ccccc2)cc1. The fraction of sp³-hybridized carbons (Fsp3) is 0.0588. The molecule has 3 nitrogen and oxygen atoms in total. The van der Waals surface area contributed by atoms with E-state index in [2.05, 4.69) is 5.32 Å². The summed E-state index contributed by atoms with van der Waals surface area (Å²) in [6, 6.07) is 16.3. The van der Waals surface area contributed by atoms with Gasteiger partial charge in [-0.3, -0.25) is 9.59 Å². The standard InChI is InChI=1S/C17H15NO2/c1-13-7-9-15(10-8-13)18-17(20)12-11-16(19)14-5-3-2-4-6-14/h2-12H,1H3,(H,18,20)/b12-11+. The minimum atomic E-state index is -0.321. The van der Waals surface area contributed by atoms with Crippen molar-refractivity contribution in [3.63, 3.8) is 0 Å². The van der Waals surface area contributed by atoms with Crippen molar-refractivity contribution in [3.05, 3.63) is 77.9 Å². The Morgan fingerprint density at radius 3 is 2.20 bits per heavy atom. The minimum absolute atomic E-state index is 0.190. The molecule has 0 saturated heterocycles. The van der Waals surface area contributed by atoms with Crippen LogP contribution in [0.1, 0.15) is 15.9 Å². The number of nitrogens with one attached hydrogen (secondary N) is 1. The van der Waals surface area contributed by atoms with Gasteiger partial charge in [0, 0.05) is 17.3 Å². The van der Waals surface area contributed by atoms with Crippen LogP contribution in [0.25, 0.3) is 0 Å². The summed E-state index contributed by atoms with van der Waals surface area (Å²) in [6.07, 6.45) is 2.52. The maximum Gasteiger partial charge on any atom is 0.248 e. The molecule has 0 radical (unpaired) electrons. The normalized spacial score (nSPS) is 10.4. The van der Waals surface area contributed by atoms with Crippen LogP contribution in [0.15, 0.2) is 66.7 Å². The van der Waals surface area contributed by atoms with Gasteiger partial charge in [-0.05, 0) is 25.1 Å². The first kappa shape index (κ1) is 13.7. The van der Waals surface area contributed by atoms with Crippen LogP contribution < -0.4 is 5.32 Å². The fourth-order valence-electron chi connectivity index (χ4n) is 1.67. The number of anilines is 1. The molecule has 3 heteroatoms. The maximum atomic E-state index is 11.8. The van der Waals surface area contributed by atoms with Gasteiger partial charge in [0.15, 0.2) is 5.78 Å². The first-order valence-electron chi connectivity index (χ1n) is 6.30. The maximum absolute atomic E-state index is 11.8. The van der Waals surface area contributed by atoms with Crippen LogP contribution in [0, 0.1) is 6.92 Å². The van der Waals surface area contributed by atoms with E-state index in [0.29, 0.717) is 11.3 Å². The van der Waals surface area contributed by atoms with Gasteiger partial charge in [0.05, 0.1) is 0 Å². The number of hydrogen-bond acceptors (Lipinski definition) is 2. The third-order valence-corrected chi connectivity index (χ3v) is 2.76. The van der Waals surface area contributed by atoms with Crippen molar-refractivity contribution in [3.8, 4) is 0 Å². The zero-order valence-electron chi connectivity index (χ0n) is 11.2. The molecule has 0 aliphatic heterocycles. The van der Waals surface area contributed by atoms with Crippen molar-refractivity contribution in [1.82, 2.24) is 0 Å². The molecule has 0 spiro atoms. The Balaban J connectivity index is 1.96. The largest absolute Gasteiger partial charge is 0.323 e. The summed E-state index contributed by atoms with van der Waals surface area (Å²) in [6.45, 7) is 1.98. The number of aryl methyl sites for hydroxylation is 1. The predicted octanol–water partition coefficient (Wildman–Crippen LogP) is 3.37. The second-order valence-electron chi connectivity index (χ2n) is 4.42. The first-order valence-corrected chi connectivity index (χ1v) is 6.30. The predicted molar refractivity (Wildman–Crippen MR) is 79.7 cm³/mol. The van der Waals surface area contributed by atoms with Crippen LogP contribution in [0.2, 0.25) is 0 Å². The number of ketones is 1. The Bertz CT molecular complexity index is 628. The van der Waals surface area contributed by atoms with E-state index in [1.807, 2.05) is 37.3 Å². The van der Waals surface area contributed by atoms with Crippen molar-refractivity contribution in [2.75, 3.05) is 5.32 Å². The molecular weight excluding hydrogens is 250 g/mol. The number of hydrogen-bond donors (Lipinski definition) is 1. The molecule has 0 atom stereocenters. The van der Waals surface area contributed by atoms with E-state index in [4.69, 9.17) is 0 Å². The molecule has 0 heterocycles. The lowest BCUT2D eigenvalue weighted by molar-refractivity contribution is -0.111. The molecule has 0 saturated carbocycles. The van der Waals surface area contributed by atoms with Crippen molar-refractivity contribution < 1.29 is 9.59 Å². The van der Waals surface area contributed by atoms with Gasteiger partial charge in [-0.25, -0.2) is 0 Å². The summed E-state index contributed by atoms with van der Waals surface area (Å²) in [5, 5.41) is 2.70. The Kier molecular flexibility index (Phi) is 4.45. The Morgan fingerprint density at radius 1 is 0.900 bits per heavy atom. The van der Waals surface area contributed by atoms with Gasteiger partial charge >= 0.3 is 0 Å². The summed E-state index contributed by atoms with van der Waals surface area (Å²) in [7, 11) is 0. The molecule has 1 amide bonds. The van der Waals surface area contributed by atoms with E-state index in [1.165, 1.54) is 12.2 Å². The third kappa shape index (κ3) is 3.92. The lowest BCUT2D eigenvalue weighted by Gasteiger charge is -2.02. The van der Waals surface area contributed by atoms with E-state index in [-0.39, 0.29) is 11.7 Å². The summed E-state index contributed by atoms with van der Waals surface area (Å²) in [5.74, 6) is -0.511. The van der Waals surface area contributed by atoms with Crippen LogP contribution in [-0.2, 0) is 4.79 Å². The number of rotatable bonds is 4. The third-order valence-electron chi connectivity index (χ3n) is 2.76. The molecule has 0 fully saturated rings. The van der Waals surface area contributed by atoms with Gasteiger partial charge < -0.3 is 5.32 Å². The zero-order valence-corrected chi connectivity index (χ0v) is 11.2. The molecular formula is C17H15NO2. The van der Waals surface area contributed by atoms with Gasteiger partial charge in [-0.15, -0.1) is 0 Å². The number of allylic oxidation sites excluding steroid dienone is 1. The summed E-state index contributed by atoms with van der Waals surface area (Å²) in [5.41, 5.74) is 2.39. The Labute approximate surface area is 117 Å². The summed E-state index contributed by atoms with van der Waals surface area (Å²) >= 11 is 0. The molecule has 2 aromatic carbocycles. The van der Waals surface area contributed by atoms with Gasteiger partial charge in [0.25, 0.3) is 0 Å². The number of amides is 1. The topological polar surface area (TPSA) is 46.2 Å². The molecule has 2 aromatic rings. The van der Waals surface area contributed by atoms with Gasteiger partial charge in [-0.1, -0.05) is 48.0 Å². The highest BCUT2D eigenvalue weighted by atomic mass is 16.1. The van der Waals surface area contributed by atoms with Gasteiger partial charge in [-0.2, -0.15) is 0 Å². The van der Waals surface area contributed by atoms with Gasteiger partial charge in [0.2, 0.25) is 5.91 Å². The van der Waals surface area contributed by atoms with Crippen molar-refractivity contribution in [1.29, 1.82) is 0 Å². The van der Waals surface area contributed by atoms with Crippen LogP contribution in [-0.4, -0.2) is 11.7 Å². The monoisotopic (exact) mass is 265 g/mol. The first-order chi connectivity index (χ1) is 9.65. The highest BCUT2D eigenvalue weighted by Crippen LogP contribution is 2.08. The molecule has 0 aliphatic carbocycles. The number of carbonyl (C=O) groups excluding carboxylic acids is 2. The van der Waals surface area contributed by atoms with Crippen LogP contribution in [0.5, 0.6) is 0 Å². The van der Waals surface area contributed by atoms with Gasteiger partial charge in [0.1, 0.15) is 0 Å². The van der Waals surface area contributed by atoms with E-state index in [9.17, 15) is 9.59 Å². The van der Waals surface area contributed by atoms with Crippen LogP contribution >= 0.6 is 0 Å². The van der Waals surface area contributed by atoms with Crippen molar-refractivity contribution >= 4 is 17.4 Å². The molecule has 20 heavy (non-hydrogen) atoms. The van der Waals surface area contributed by atoms with E-state index >= 15 is 0 Å². The Hall–Kier alpha value is -2.68. The molecule has 100 valence electrons. The molecule has 2 rings (SSSR count). The fourth-order valence-corrected chi connectivity index (χ4v) is 1.67. The summed E-state index contributed by atoms with van der Waals surface area (Å²) in [4.78, 5) is 23.5. The molecule has 0 aliphatic rings. The zero-order chi connectivity index (χ0) is 14.4. The van der Waals surface area contributed by atoms with E-state index < -0.39 is 0 Å². The average molecular weight is 265 g/mol. The van der Waals surface area contributed by atoms with Crippen molar-refractivity contribution in [2.24, 2.45) is 0 Å². The molecule has 1 N–H and O–H groups in total. The van der Waals surface area contributed by atoms with E-state index in [1.54, 1.807) is 24.3 Å². The van der Waals surface area contributed by atoms with Crippen LogP contribution in [0.4, 0.5) is 5.69 Å². The van der Waals surface area contributed by atoms with Crippen molar-refractivity contribution in [2.45, 2.75) is 6.92 Å². The highest BCUT2D eigenvalue weighted by Gasteiger charge is 2.02. The lowest BCUT2D eigenvalue weighted by Crippen LogP contribution is -2.08. The average Bonchev–Trinajstić information content (AvgIpc) is 2.48. The smallest absolute Gasteiger partial charge is 0.248 e. The minimum Gasteiger partial charge on any atom is -0.323 e. The molecule has 0 aromatic heterocycles. The molecule has 0 unspecified atom stereocenters. The number of carbonyl (C=O) groups is 2. The highest BCUT2D eigenvalue weighted by molar-refractivity contribution is 6.09. The van der Waals surface area contributed by atoms with Crippen LogP contribution in [0.3, 0.4) is 0 Å². The molecule has 0 bridgehead atoms. The Morgan fingerprint density at radius 2 is 1.55 bits per heavy atom. The lowest BCUT2D eigenvalue weighted by atomic mass is 10.1. The number of benzene rings is 2.